The molecule has 1 aromatic carbocycles. The number of benzene rings is 1. The van der Waals surface area contributed by atoms with Gasteiger partial charge < -0.3 is 9.64 Å². The summed E-state index contributed by atoms with van der Waals surface area (Å²) in [7, 11) is 1.93. The van der Waals surface area contributed by atoms with E-state index in [0.29, 0.717) is 4.91 Å². The molecule has 1 heterocycles. The van der Waals surface area contributed by atoms with Gasteiger partial charge in [0.2, 0.25) is 0 Å². The number of anilines is 1. The number of fused-ring (bicyclic) bond motifs is 1. The monoisotopic (exact) mass is 249 g/mol. The summed E-state index contributed by atoms with van der Waals surface area (Å²) in [6.07, 6.45) is 1.73. The predicted octanol–water partition coefficient (Wildman–Crippen LogP) is 3.02. The highest BCUT2D eigenvalue weighted by Crippen LogP contribution is 2.39. The highest BCUT2D eigenvalue weighted by molar-refractivity contribution is 8.04. The molecule has 0 unspecified atom stereocenters. The van der Waals surface area contributed by atoms with E-state index in [9.17, 15) is 4.79 Å². The first-order valence-corrected chi connectivity index (χ1v) is 6.32. The van der Waals surface area contributed by atoms with Crippen molar-refractivity contribution in [2.75, 3.05) is 11.9 Å². The van der Waals surface area contributed by atoms with E-state index in [4.69, 9.17) is 4.74 Å². The minimum Gasteiger partial charge on any atom is -0.459 e. The van der Waals surface area contributed by atoms with Gasteiger partial charge in [-0.2, -0.15) is 0 Å². The number of esters is 1. The number of ether oxygens (including phenoxy) is 1. The summed E-state index contributed by atoms with van der Waals surface area (Å²) >= 11 is 1.46. The topological polar surface area (TPSA) is 29.5 Å². The number of hydrogen-bond donors (Lipinski definition) is 0. The lowest BCUT2D eigenvalue weighted by atomic mass is 10.3. The number of nitrogens with zero attached hydrogens (tertiary/aromatic N) is 1. The fraction of sp³-hybridized carbons (Fsp3) is 0.308. The van der Waals surface area contributed by atoms with Gasteiger partial charge in [-0.15, -0.1) is 0 Å². The quantitative estimate of drug-likeness (QED) is 0.754. The molecule has 0 spiro atoms. The molecule has 4 heteroatoms. The van der Waals surface area contributed by atoms with Crippen LogP contribution in [0.3, 0.4) is 0 Å². The predicted molar refractivity (Wildman–Crippen MR) is 70.0 cm³/mol. The van der Waals surface area contributed by atoms with Crippen LogP contribution in [0.15, 0.2) is 40.3 Å². The average molecular weight is 249 g/mol. The van der Waals surface area contributed by atoms with Crippen molar-refractivity contribution in [3.63, 3.8) is 0 Å². The van der Waals surface area contributed by atoms with Crippen LogP contribution < -0.4 is 4.90 Å². The Labute approximate surface area is 105 Å². The van der Waals surface area contributed by atoms with E-state index < -0.39 is 0 Å². The number of para-hydroxylation sites is 1. The standard InChI is InChI=1S/C13H15NO2S/c1-9(2)16-13(15)12-8-14(3)10-6-4-5-7-11(10)17-12/h4-9H,1-3H3. The van der Waals surface area contributed by atoms with Gasteiger partial charge in [-0.1, -0.05) is 23.9 Å². The van der Waals surface area contributed by atoms with Crippen molar-refractivity contribution in [2.45, 2.75) is 24.8 Å². The summed E-state index contributed by atoms with van der Waals surface area (Å²) in [4.78, 5) is 15.5. The van der Waals surface area contributed by atoms with Crippen LogP contribution in [0.2, 0.25) is 0 Å². The zero-order chi connectivity index (χ0) is 12.4. The van der Waals surface area contributed by atoms with Gasteiger partial charge in [0.05, 0.1) is 11.8 Å². The lowest BCUT2D eigenvalue weighted by Crippen LogP contribution is -2.19. The van der Waals surface area contributed by atoms with Crippen molar-refractivity contribution >= 4 is 23.4 Å². The largest absolute Gasteiger partial charge is 0.459 e. The maximum atomic E-state index is 11.8. The molecule has 1 aliphatic heterocycles. The molecule has 0 saturated carbocycles. The van der Waals surface area contributed by atoms with E-state index in [1.807, 2.05) is 56.3 Å². The highest BCUT2D eigenvalue weighted by Gasteiger charge is 2.21. The lowest BCUT2D eigenvalue weighted by molar-refractivity contribution is -0.141. The van der Waals surface area contributed by atoms with E-state index >= 15 is 0 Å². The zero-order valence-corrected chi connectivity index (χ0v) is 11.0. The van der Waals surface area contributed by atoms with Gasteiger partial charge in [0, 0.05) is 18.1 Å². The van der Waals surface area contributed by atoms with E-state index in [-0.39, 0.29) is 12.1 Å². The average Bonchev–Trinajstić information content (AvgIpc) is 2.28. The smallest absolute Gasteiger partial charge is 0.346 e. The summed E-state index contributed by atoms with van der Waals surface area (Å²) in [5.74, 6) is -0.258. The van der Waals surface area contributed by atoms with Crippen LogP contribution >= 0.6 is 11.8 Å². The van der Waals surface area contributed by atoms with Gasteiger partial charge in [0.25, 0.3) is 0 Å². The van der Waals surface area contributed by atoms with Crippen molar-refractivity contribution in [1.82, 2.24) is 0 Å². The molecule has 0 radical (unpaired) electrons. The van der Waals surface area contributed by atoms with Crippen LogP contribution in [0, 0.1) is 0 Å². The van der Waals surface area contributed by atoms with Crippen LogP contribution in [0.4, 0.5) is 5.69 Å². The van der Waals surface area contributed by atoms with Crippen molar-refractivity contribution in [3.8, 4) is 0 Å². The van der Waals surface area contributed by atoms with Gasteiger partial charge in [-0.3, -0.25) is 0 Å². The minimum absolute atomic E-state index is 0.0912. The second-order valence-corrected chi connectivity index (χ2v) is 5.21. The first-order valence-electron chi connectivity index (χ1n) is 5.50. The van der Waals surface area contributed by atoms with Gasteiger partial charge in [0.15, 0.2) is 0 Å². The molecule has 1 aromatic rings. The van der Waals surface area contributed by atoms with E-state index in [1.54, 1.807) is 0 Å². The Balaban J connectivity index is 2.22. The van der Waals surface area contributed by atoms with Gasteiger partial charge in [-0.25, -0.2) is 4.79 Å². The Morgan fingerprint density at radius 3 is 2.76 bits per heavy atom. The van der Waals surface area contributed by atoms with E-state index in [1.165, 1.54) is 11.8 Å². The third-order valence-electron chi connectivity index (χ3n) is 2.32. The third-order valence-corrected chi connectivity index (χ3v) is 3.38. The fourth-order valence-electron chi connectivity index (χ4n) is 1.59. The summed E-state index contributed by atoms with van der Waals surface area (Å²) in [6, 6.07) is 7.99. The van der Waals surface area contributed by atoms with E-state index in [0.717, 1.165) is 10.6 Å². The lowest BCUT2D eigenvalue weighted by Gasteiger charge is -2.24. The van der Waals surface area contributed by atoms with Gasteiger partial charge >= 0.3 is 5.97 Å². The molecule has 0 fully saturated rings. The normalized spacial score (nSPS) is 14.4. The Morgan fingerprint density at radius 2 is 2.06 bits per heavy atom. The molecule has 0 saturated heterocycles. The Hall–Kier alpha value is -1.42. The van der Waals surface area contributed by atoms with Crippen LogP contribution in [0.5, 0.6) is 0 Å². The Morgan fingerprint density at radius 1 is 1.35 bits per heavy atom. The van der Waals surface area contributed by atoms with Crippen molar-refractivity contribution in [1.29, 1.82) is 0 Å². The van der Waals surface area contributed by atoms with Crippen molar-refractivity contribution in [2.24, 2.45) is 0 Å². The highest BCUT2D eigenvalue weighted by atomic mass is 32.2. The molecule has 0 N–H and O–H groups in total. The molecule has 2 rings (SSSR count). The van der Waals surface area contributed by atoms with E-state index in [2.05, 4.69) is 0 Å². The molecular formula is C13H15NO2S. The second kappa shape index (κ2) is 4.84. The number of carbonyl (C=O) groups is 1. The number of carbonyl (C=O) groups excluding carboxylic acids is 1. The molecule has 0 aliphatic carbocycles. The third kappa shape index (κ3) is 2.64. The van der Waals surface area contributed by atoms with Crippen LogP contribution in [0.1, 0.15) is 13.8 Å². The van der Waals surface area contributed by atoms with Crippen LogP contribution in [0.25, 0.3) is 0 Å². The molecular weight excluding hydrogens is 234 g/mol. The molecule has 0 amide bonds. The molecule has 0 bridgehead atoms. The van der Waals surface area contributed by atoms with Crippen LogP contribution in [-0.2, 0) is 9.53 Å². The molecule has 0 atom stereocenters. The number of thioether (sulfide) groups is 1. The summed E-state index contributed by atoms with van der Waals surface area (Å²) in [6.45, 7) is 3.70. The van der Waals surface area contributed by atoms with Crippen LogP contribution in [-0.4, -0.2) is 19.1 Å². The van der Waals surface area contributed by atoms with Gasteiger partial charge in [-0.05, 0) is 26.0 Å². The maximum absolute atomic E-state index is 11.8. The first kappa shape index (κ1) is 12.0. The number of rotatable bonds is 2. The van der Waals surface area contributed by atoms with Crippen molar-refractivity contribution < 1.29 is 9.53 Å². The fourth-order valence-corrected chi connectivity index (χ4v) is 2.63. The minimum atomic E-state index is -0.258. The molecule has 0 aromatic heterocycles. The SMILES string of the molecule is CC(C)OC(=O)C1=CN(C)c2ccccc2S1. The summed E-state index contributed by atoms with van der Waals surface area (Å²) in [5, 5.41) is 0. The second-order valence-electron chi connectivity index (χ2n) is 4.13. The zero-order valence-electron chi connectivity index (χ0n) is 10.1. The molecule has 1 aliphatic rings. The Kier molecular flexibility index (Phi) is 3.43. The summed E-state index contributed by atoms with van der Waals surface area (Å²) in [5.41, 5.74) is 1.11. The van der Waals surface area contributed by atoms with Gasteiger partial charge in [0.1, 0.15) is 4.91 Å². The number of hydrogen-bond acceptors (Lipinski definition) is 4. The summed E-state index contributed by atoms with van der Waals surface area (Å²) < 4.78 is 5.20. The van der Waals surface area contributed by atoms with Crippen molar-refractivity contribution in [3.05, 3.63) is 35.4 Å². The maximum Gasteiger partial charge on any atom is 0.346 e. The molecule has 17 heavy (non-hydrogen) atoms. The first-order chi connectivity index (χ1) is 8.08. The Bertz CT molecular complexity index is 468. The molecule has 3 nitrogen and oxygen atoms in total. The molecule has 90 valence electrons.